The van der Waals surface area contributed by atoms with Crippen molar-refractivity contribution in [2.75, 3.05) is 11.9 Å². The van der Waals surface area contributed by atoms with Crippen molar-refractivity contribution >= 4 is 17.3 Å². The van der Waals surface area contributed by atoms with E-state index in [1.807, 2.05) is 18.2 Å². The molecule has 1 fully saturated rings. The highest BCUT2D eigenvalue weighted by atomic mass is 35.5. The van der Waals surface area contributed by atoms with E-state index >= 15 is 0 Å². The van der Waals surface area contributed by atoms with Gasteiger partial charge in [-0.2, -0.15) is 0 Å². The van der Waals surface area contributed by atoms with E-state index in [0.717, 1.165) is 37.3 Å². The van der Waals surface area contributed by atoms with Crippen LogP contribution in [0.3, 0.4) is 0 Å². The molecule has 0 unspecified atom stereocenters. The summed E-state index contributed by atoms with van der Waals surface area (Å²) in [6.45, 7) is 3.06. The SMILES string of the molecule is Cc1cc(Cl)ccc1NCC1CCC(O)CC1. The van der Waals surface area contributed by atoms with Crippen molar-refractivity contribution in [1.82, 2.24) is 0 Å². The minimum Gasteiger partial charge on any atom is -0.393 e. The highest BCUT2D eigenvalue weighted by Crippen LogP contribution is 2.25. The van der Waals surface area contributed by atoms with E-state index in [2.05, 4.69) is 12.2 Å². The van der Waals surface area contributed by atoms with Crippen molar-refractivity contribution in [3.8, 4) is 0 Å². The lowest BCUT2D eigenvalue weighted by molar-refractivity contribution is 0.111. The van der Waals surface area contributed by atoms with E-state index in [4.69, 9.17) is 11.6 Å². The van der Waals surface area contributed by atoms with E-state index in [1.165, 1.54) is 11.3 Å². The minimum atomic E-state index is -0.0662. The Hall–Kier alpha value is -0.730. The lowest BCUT2D eigenvalue weighted by atomic mass is 9.87. The number of aryl methyl sites for hydroxylation is 1. The third-order valence-corrected chi connectivity index (χ3v) is 3.82. The fourth-order valence-corrected chi connectivity index (χ4v) is 2.66. The van der Waals surface area contributed by atoms with E-state index in [-0.39, 0.29) is 6.10 Å². The number of hydrogen-bond acceptors (Lipinski definition) is 2. The third kappa shape index (κ3) is 3.62. The summed E-state index contributed by atoms with van der Waals surface area (Å²) in [6, 6.07) is 5.94. The van der Waals surface area contributed by atoms with Crippen LogP contribution in [-0.2, 0) is 0 Å². The largest absolute Gasteiger partial charge is 0.393 e. The number of anilines is 1. The summed E-state index contributed by atoms with van der Waals surface area (Å²) < 4.78 is 0. The van der Waals surface area contributed by atoms with Crippen LogP contribution in [0.2, 0.25) is 5.02 Å². The molecule has 17 heavy (non-hydrogen) atoms. The summed E-state index contributed by atoms with van der Waals surface area (Å²) in [5, 5.41) is 13.7. The number of rotatable bonds is 3. The number of aliphatic hydroxyl groups excluding tert-OH is 1. The summed E-state index contributed by atoms with van der Waals surface area (Å²) >= 11 is 5.93. The molecule has 0 heterocycles. The first-order valence-electron chi connectivity index (χ1n) is 6.33. The average Bonchev–Trinajstić information content (AvgIpc) is 2.30. The average molecular weight is 254 g/mol. The van der Waals surface area contributed by atoms with Gasteiger partial charge < -0.3 is 10.4 Å². The Balaban J connectivity index is 1.85. The van der Waals surface area contributed by atoms with Crippen LogP contribution < -0.4 is 5.32 Å². The number of aliphatic hydroxyl groups is 1. The molecule has 3 heteroatoms. The van der Waals surface area contributed by atoms with Gasteiger partial charge in [-0.25, -0.2) is 0 Å². The normalized spacial score (nSPS) is 24.6. The second kappa shape index (κ2) is 5.74. The van der Waals surface area contributed by atoms with Gasteiger partial charge in [0, 0.05) is 17.3 Å². The van der Waals surface area contributed by atoms with Crippen LogP contribution in [0, 0.1) is 12.8 Å². The van der Waals surface area contributed by atoms with Gasteiger partial charge in [-0.15, -0.1) is 0 Å². The summed E-state index contributed by atoms with van der Waals surface area (Å²) in [5.41, 5.74) is 2.36. The molecule has 1 aliphatic rings. The summed E-state index contributed by atoms with van der Waals surface area (Å²) in [7, 11) is 0. The number of hydrogen-bond donors (Lipinski definition) is 2. The first-order valence-corrected chi connectivity index (χ1v) is 6.71. The van der Waals surface area contributed by atoms with Crippen molar-refractivity contribution in [3.63, 3.8) is 0 Å². The predicted octanol–water partition coefficient (Wildman–Crippen LogP) is 3.61. The van der Waals surface area contributed by atoms with E-state index in [1.54, 1.807) is 0 Å². The van der Waals surface area contributed by atoms with Crippen LogP contribution in [0.5, 0.6) is 0 Å². The molecule has 0 amide bonds. The minimum absolute atomic E-state index is 0.0662. The third-order valence-electron chi connectivity index (χ3n) is 3.59. The van der Waals surface area contributed by atoms with E-state index in [0.29, 0.717) is 5.92 Å². The zero-order chi connectivity index (χ0) is 12.3. The second-order valence-electron chi connectivity index (χ2n) is 5.01. The van der Waals surface area contributed by atoms with Crippen LogP contribution in [-0.4, -0.2) is 17.8 Å². The topological polar surface area (TPSA) is 32.3 Å². The van der Waals surface area contributed by atoms with E-state index in [9.17, 15) is 5.11 Å². The molecule has 0 radical (unpaired) electrons. The summed E-state index contributed by atoms with van der Waals surface area (Å²) in [4.78, 5) is 0. The molecule has 1 aliphatic carbocycles. The van der Waals surface area contributed by atoms with Crippen molar-refractivity contribution in [1.29, 1.82) is 0 Å². The molecule has 1 aromatic rings. The fourth-order valence-electron chi connectivity index (χ4n) is 2.43. The first-order chi connectivity index (χ1) is 8.15. The molecule has 2 rings (SSSR count). The maximum atomic E-state index is 9.45. The Kier molecular flexibility index (Phi) is 4.30. The van der Waals surface area contributed by atoms with Crippen LogP contribution in [0.25, 0.3) is 0 Å². The van der Waals surface area contributed by atoms with Gasteiger partial charge in [-0.1, -0.05) is 11.6 Å². The standard InChI is InChI=1S/C14H20ClNO/c1-10-8-12(15)4-7-14(10)16-9-11-2-5-13(17)6-3-11/h4,7-8,11,13,16-17H,2-3,5-6,9H2,1H3. The highest BCUT2D eigenvalue weighted by Gasteiger charge is 2.18. The second-order valence-corrected chi connectivity index (χ2v) is 5.45. The Morgan fingerprint density at radius 2 is 2.00 bits per heavy atom. The van der Waals surface area contributed by atoms with Crippen LogP contribution in [0.1, 0.15) is 31.2 Å². The highest BCUT2D eigenvalue weighted by molar-refractivity contribution is 6.30. The number of nitrogens with one attached hydrogen (secondary N) is 1. The van der Waals surface area contributed by atoms with Crippen molar-refractivity contribution in [3.05, 3.63) is 28.8 Å². The van der Waals surface area contributed by atoms with E-state index < -0.39 is 0 Å². The van der Waals surface area contributed by atoms with Crippen LogP contribution in [0.4, 0.5) is 5.69 Å². The lowest BCUT2D eigenvalue weighted by Gasteiger charge is -2.26. The van der Waals surface area contributed by atoms with Gasteiger partial charge in [-0.3, -0.25) is 0 Å². The zero-order valence-corrected chi connectivity index (χ0v) is 11.0. The number of halogens is 1. The zero-order valence-electron chi connectivity index (χ0n) is 10.2. The molecule has 1 saturated carbocycles. The number of benzene rings is 1. The molecular weight excluding hydrogens is 234 g/mol. The molecule has 0 aliphatic heterocycles. The Morgan fingerprint density at radius 1 is 1.29 bits per heavy atom. The molecule has 0 spiro atoms. The van der Waals surface area contributed by atoms with Gasteiger partial charge in [0.25, 0.3) is 0 Å². The maximum Gasteiger partial charge on any atom is 0.0540 e. The fraction of sp³-hybridized carbons (Fsp3) is 0.571. The van der Waals surface area contributed by atoms with Crippen molar-refractivity contribution in [2.24, 2.45) is 5.92 Å². The quantitative estimate of drug-likeness (QED) is 0.863. The van der Waals surface area contributed by atoms with Gasteiger partial charge in [0.2, 0.25) is 0 Å². The Bertz CT molecular complexity index is 372. The monoisotopic (exact) mass is 253 g/mol. The smallest absolute Gasteiger partial charge is 0.0540 e. The molecule has 1 aromatic carbocycles. The van der Waals surface area contributed by atoms with Gasteiger partial charge >= 0.3 is 0 Å². The van der Waals surface area contributed by atoms with Gasteiger partial charge in [0.15, 0.2) is 0 Å². The van der Waals surface area contributed by atoms with Gasteiger partial charge in [0.1, 0.15) is 0 Å². The molecule has 0 saturated heterocycles. The molecule has 2 nitrogen and oxygen atoms in total. The molecule has 0 atom stereocenters. The summed E-state index contributed by atoms with van der Waals surface area (Å²) in [5.74, 6) is 0.688. The predicted molar refractivity (Wildman–Crippen MR) is 72.6 cm³/mol. The Labute approximate surface area is 108 Å². The van der Waals surface area contributed by atoms with Crippen LogP contribution in [0.15, 0.2) is 18.2 Å². The Morgan fingerprint density at radius 3 is 2.65 bits per heavy atom. The van der Waals surface area contributed by atoms with Gasteiger partial charge in [0.05, 0.1) is 6.10 Å². The lowest BCUT2D eigenvalue weighted by Crippen LogP contribution is -2.23. The molecule has 0 aromatic heterocycles. The maximum absolute atomic E-state index is 9.45. The van der Waals surface area contributed by atoms with Gasteiger partial charge in [-0.05, 0) is 62.3 Å². The first kappa shape index (κ1) is 12.7. The summed E-state index contributed by atoms with van der Waals surface area (Å²) in [6.07, 6.45) is 4.09. The molecule has 94 valence electrons. The molecule has 2 N–H and O–H groups in total. The van der Waals surface area contributed by atoms with Crippen molar-refractivity contribution < 1.29 is 5.11 Å². The molecule has 0 bridgehead atoms. The van der Waals surface area contributed by atoms with Crippen LogP contribution >= 0.6 is 11.6 Å². The van der Waals surface area contributed by atoms with Crippen molar-refractivity contribution in [2.45, 2.75) is 38.7 Å². The molecular formula is C14H20ClNO.